The lowest BCUT2D eigenvalue weighted by Crippen LogP contribution is -2.19. The second-order valence-corrected chi connectivity index (χ2v) is 7.37. The van der Waals surface area contributed by atoms with Gasteiger partial charge in [-0.3, -0.25) is 0 Å². The molecule has 1 aliphatic carbocycles. The van der Waals surface area contributed by atoms with Crippen LogP contribution in [0.2, 0.25) is 0 Å². The molecule has 3 rings (SSSR count). The van der Waals surface area contributed by atoms with Gasteiger partial charge in [-0.05, 0) is 49.3 Å². The van der Waals surface area contributed by atoms with E-state index in [4.69, 9.17) is 9.47 Å². The smallest absolute Gasteiger partial charge is 0.339 e. The van der Waals surface area contributed by atoms with Gasteiger partial charge in [0, 0.05) is 0 Å². The van der Waals surface area contributed by atoms with E-state index >= 15 is 0 Å². The fourth-order valence-corrected chi connectivity index (χ4v) is 3.63. The molecule has 0 atom stereocenters. The van der Waals surface area contributed by atoms with E-state index in [1.165, 1.54) is 24.8 Å². The minimum absolute atomic E-state index is 0.274. The zero-order valence-electron chi connectivity index (χ0n) is 16.3. The zero-order valence-corrected chi connectivity index (χ0v) is 16.3. The molecule has 0 radical (unpaired) electrons. The molecule has 28 heavy (non-hydrogen) atoms. The molecule has 1 fully saturated rings. The molecule has 0 bridgehead atoms. The summed E-state index contributed by atoms with van der Waals surface area (Å²) in [5, 5.41) is 0. The van der Waals surface area contributed by atoms with Gasteiger partial charge in [-0.2, -0.15) is 0 Å². The second-order valence-electron chi connectivity index (χ2n) is 7.37. The summed E-state index contributed by atoms with van der Waals surface area (Å²) in [5.74, 6) is -0.476. The zero-order chi connectivity index (χ0) is 19.6. The molecule has 1 saturated carbocycles. The van der Waals surface area contributed by atoms with Crippen LogP contribution in [0.15, 0.2) is 54.6 Å². The van der Waals surface area contributed by atoms with Crippen LogP contribution in [0.4, 0.5) is 0 Å². The predicted octanol–water partition coefficient (Wildman–Crippen LogP) is 5.21. The fourth-order valence-electron chi connectivity index (χ4n) is 3.63. The highest BCUT2D eigenvalue weighted by molar-refractivity contribution is 6.03. The van der Waals surface area contributed by atoms with Crippen LogP contribution in [0.1, 0.15) is 64.8 Å². The van der Waals surface area contributed by atoms with Crippen molar-refractivity contribution < 1.29 is 19.1 Å². The average molecular weight is 380 g/mol. The Labute approximate surface area is 166 Å². The summed E-state index contributed by atoms with van der Waals surface area (Å²) < 4.78 is 10.9. The van der Waals surface area contributed by atoms with E-state index in [9.17, 15) is 9.59 Å². The van der Waals surface area contributed by atoms with Crippen molar-refractivity contribution >= 4 is 11.9 Å². The van der Waals surface area contributed by atoms with Crippen LogP contribution in [0, 0.1) is 5.92 Å². The molecule has 0 heterocycles. The molecule has 2 aromatic rings. The molecule has 1 aliphatic rings. The minimum atomic E-state index is -0.474. The van der Waals surface area contributed by atoms with Gasteiger partial charge in [-0.1, -0.05) is 61.7 Å². The number of hydrogen-bond acceptors (Lipinski definition) is 4. The van der Waals surface area contributed by atoms with Crippen molar-refractivity contribution in [3.8, 4) is 0 Å². The van der Waals surface area contributed by atoms with Crippen LogP contribution >= 0.6 is 0 Å². The van der Waals surface area contributed by atoms with E-state index in [1.807, 2.05) is 18.2 Å². The van der Waals surface area contributed by atoms with Gasteiger partial charge in [0.05, 0.1) is 24.3 Å². The van der Waals surface area contributed by atoms with Crippen molar-refractivity contribution in [2.75, 3.05) is 13.2 Å². The minimum Gasteiger partial charge on any atom is -0.462 e. The van der Waals surface area contributed by atoms with Crippen molar-refractivity contribution in [3.05, 3.63) is 71.3 Å². The molecule has 0 amide bonds. The van der Waals surface area contributed by atoms with Gasteiger partial charge in [-0.25, -0.2) is 9.59 Å². The summed E-state index contributed by atoms with van der Waals surface area (Å²) in [7, 11) is 0. The van der Waals surface area contributed by atoms with Crippen LogP contribution in [0.25, 0.3) is 0 Å². The Bertz CT molecular complexity index is 763. The summed E-state index contributed by atoms with van der Waals surface area (Å²) in [4.78, 5) is 25.0. The highest BCUT2D eigenvalue weighted by Crippen LogP contribution is 2.24. The Morgan fingerprint density at radius 3 is 2.07 bits per heavy atom. The molecule has 4 nitrogen and oxygen atoms in total. The molecule has 0 unspecified atom stereocenters. The summed E-state index contributed by atoms with van der Waals surface area (Å²) in [6.45, 7) is 0.748. The van der Waals surface area contributed by atoms with E-state index in [0.29, 0.717) is 19.1 Å². The van der Waals surface area contributed by atoms with E-state index in [1.54, 1.807) is 24.3 Å². The van der Waals surface area contributed by atoms with Crippen molar-refractivity contribution in [1.82, 2.24) is 0 Å². The first-order chi connectivity index (χ1) is 13.7. The normalized spacial score (nSPS) is 14.4. The van der Waals surface area contributed by atoms with Gasteiger partial charge in [0.25, 0.3) is 0 Å². The third-order valence-electron chi connectivity index (χ3n) is 5.23. The molecule has 0 aromatic heterocycles. The summed E-state index contributed by atoms with van der Waals surface area (Å²) in [6, 6.07) is 16.8. The topological polar surface area (TPSA) is 52.6 Å². The van der Waals surface area contributed by atoms with Gasteiger partial charge in [0.15, 0.2) is 0 Å². The third-order valence-corrected chi connectivity index (χ3v) is 5.23. The van der Waals surface area contributed by atoms with Crippen molar-refractivity contribution in [1.29, 1.82) is 0 Å². The number of esters is 2. The Balaban J connectivity index is 1.50. The number of benzene rings is 2. The summed E-state index contributed by atoms with van der Waals surface area (Å²) >= 11 is 0. The number of rotatable bonds is 8. The van der Waals surface area contributed by atoms with Crippen LogP contribution in [-0.2, 0) is 15.9 Å². The fraction of sp³-hybridized carbons (Fsp3) is 0.417. The maximum atomic E-state index is 12.5. The van der Waals surface area contributed by atoms with Crippen molar-refractivity contribution in [2.24, 2.45) is 5.92 Å². The molecular formula is C24H28O4. The van der Waals surface area contributed by atoms with Crippen LogP contribution in [0.3, 0.4) is 0 Å². The van der Waals surface area contributed by atoms with Gasteiger partial charge >= 0.3 is 11.9 Å². The average Bonchev–Trinajstić information content (AvgIpc) is 2.76. The second kappa shape index (κ2) is 10.6. The quantitative estimate of drug-likeness (QED) is 0.466. The van der Waals surface area contributed by atoms with E-state index in [2.05, 4.69) is 12.1 Å². The highest BCUT2D eigenvalue weighted by Gasteiger charge is 2.21. The molecule has 0 spiro atoms. The molecule has 148 valence electrons. The lowest BCUT2D eigenvalue weighted by atomic mass is 9.90. The maximum Gasteiger partial charge on any atom is 0.339 e. The Kier molecular flexibility index (Phi) is 7.65. The first-order valence-corrected chi connectivity index (χ1v) is 10.2. The first kappa shape index (κ1) is 20.1. The standard InChI is InChI=1S/C24H28O4/c25-23(27-17-9-14-19-10-3-1-4-11-19)21-15-7-8-16-22(21)24(26)28-18-20-12-5-2-6-13-20/h1,3-4,7-8,10-11,15-16,20H,2,5-6,9,12-14,17-18H2. The van der Waals surface area contributed by atoms with Crippen molar-refractivity contribution in [2.45, 2.75) is 44.9 Å². The van der Waals surface area contributed by atoms with Crippen LogP contribution in [0.5, 0.6) is 0 Å². The van der Waals surface area contributed by atoms with E-state index in [0.717, 1.165) is 25.7 Å². The summed E-state index contributed by atoms with van der Waals surface area (Å²) in [6.07, 6.45) is 7.48. The number of hydrogen-bond donors (Lipinski definition) is 0. The lowest BCUT2D eigenvalue weighted by molar-refractivity contribution is 0.0390. The lowest BCUT2D eigenvalue weighted by Gasteiger charge is -2.21. The maximum absolute atomic E-state index is 12.5. The predicted molar refractivity (Wildman–Crippen MR) is 108 cm³/mol. The SMILES string of the molecule is O=C(OCCCc1ccccc1)c1ccccc1C(=O)OCC1CCCCC1. The molecule has 0 N–H and O–H groups in total. The number of carbonyl (C=O) groups excluding carboxylic acids is 2. The molecule has 4 heteroatoms. The van der Waals surface area contributed by atoms with E-state index < -0.39 is 11.9 Å². The number of carbonyl (C=O) groups is 2. The molecule has 0 aliphatic heterocycles. The van der Waals surface area contributed by atoms with Gasteiger partial charge in [-0.15, -0.1) is 0 Å². The van der Waals surface area contributed by atoms with Crippen LogP contribution < -0.4 is 0 Å². The number of aryl methyl sites for hydroxylation is 1. The van der Waals surface area contributed by atoms with Gasteiger partial charge < -0.3 is 9.47 Å². The molecular weight excluding hydrogens is 352 g/mol. The van der Waals surface area contributed by atoms with Gasteiger partial charge in [0.2, 0.25) is 0 Å². The van der Waals surface area contributed by atoms with Gasteiger partial charge in [0.1, 0.15) is 0 Å². The number of ether oxygens (including phenoxy) is 2. The van der Waals surface area contributed by atoms with E-state index in [-0.39, 0.29) is 11.1 Å². The largest absolute Gasteiger partial charge is 0.462 e. The first-order valence-electron chi connectivity index (χ1n) is 10.2. The molecule has 2 aromatic carbocycles. The third kappa shape index (κ3) is 5.95. The summed E-state index contributed by atoms with van der Waals surface area (Å²) in [5.41, 5.74) is 1.77. The van der Waals surface area contributed by atoms with Crippen molar-refractivity contribution in [3.63, 3.8) is 0 Å². The Morgan fingerprint density at radius 2 is 1.39 bits per heavy atom. The molecule has 0 saturated heterocycles. The monoisotopic (exact) mass is 380 g/mol. The van der Waals surface area contributed by atoms with Crippen LogP contribution in [-0.4, -0.2) is 25.2 Å². The Hall–Kier alpha value is -2.62. The Morgan fingerprint density at radius 1 is 0.786 bits per heavy atom. The highest BCUT2D eigenvalue weighted by atomic mass is 16.5.